The van der Waals surface area contributed by atoms with E-state index in [9.17, 15) is 5.11 Å². The fraction of sp³-hybridized carbons (Fsp3) is 0.579. The summed E-state index contributed by atoms with van der Waals surface area (Å²) in [7, 11) is 0. The van der Waals surface area contributed by atoms with Crippen LogP contribution in [-0.2, 0) is 11.2 Å². The zero-order valence-electron chi connectivity index (χ0n) is 12.1. The molecule has 0 aromatic heterocycles. The van der Waals surface area contributed by atoms with E-state index in [-0.39, 0.29) is 11.2 Å². The van der Waals surface area contributed by atoms with Crippen LogP contribution in [0.4, 0.5) is 0 Å². The van der Waals surface area contributed by atoms with Crippen LogP contribution in [0.1, 0.15) is 49.1 Å². The summed E-state index contributed by atoms with van der Waals surface area (Å²) in [6.45, 7) is 0. The largest absolute Gasteiger partial charge is 0.508 e. The monoisotopic (exact) mass is 280 g/mol. The van der Waals surface area contributed by atoms with Crippen molar-refractivity contribution in [2.75, 3.05) is 0 Å². The lowest BCUT2D eigenvalue weighted by molar-refractivity contribution is 0.0643. The molecule has 4 aliphatic rings. The number of rotatable bonds is 0. The van der Waals surface area contributed by atoms with E-state index in [1.165, 1.54) is 30.4 Å². The minimum atomic E-state index is -0.210. The van der Waals surface area contributed by atoms with Crippen LogP contribution in [-0.4, -0.2) is 16.3 Å². The lowest BCUT2D eigenvalue weighted by atomic mass is 9.59. The Morgan fingerprint density at radius 2 is 2.14 bits per heavy atom. The second kappa shape index (κ2) is 3.65. The summed E-state index contributed by atoms with van der Waals surface area (Å²) < 4.78 is 6.16. The summed E-state index contributed by atoms with van der Waals surface area (Å²) >= 11 is 0. The lowest BCUT2D eigenvalue weighted by Gasteiger charge is -2.44. The van der Waals surface area contributed by atoms with E-state index in [1.807, 2.05) is 12.1 Å². The first-order valence-corrected chi connectivity index (χ1v) is 8.19. The van der Waals surface area contributed by atoms with Crippen molar-refractivity contribution in [2.24, 2.45) is 11.8 Å². The Labute approximate surface area is 125 Å². The lowest BCUT2D eigenvalue weighted by Crippen LogP contribution is -2.41. The smallest absolute Gasteiger partial charge is 0.158 e. The van der Waals surface area contributed by atoms with Crippen molar-refractivity contribution in [1.29, 1.82) is 0 Å². The number of hydrogen-bond acceptors (Lipinski definition) is 2. The van der Waals surface area contributed by atoms with Gasteiger partial charge in [-0.3, -0.25) is 0 Å². The molecule has 1 aromatic rings. The van der Waals surface area contributed by atoms with Gasteiger partial charge in [0, 0.05) is 0 Å². The molecule has 5 rings (SSSR count). The molecule has 1 aliphatic heterocycles. The highest BCUT2D eigenvalue weighted by atomic mass is 16.6. The summed E-state index contributed by atoms with van der Waals surface area (Å²) in [5, 5.41) is 9.71. The van der Waals surface area contributed by atoms with Crippen LogP contribution < -0.4 is 0 Å². The fourth-order valence-electron chi connectivity index (χ4n) is 5.88. The molecule has 0 bridgehead atoms. The van der Waals surface area contributed by atoms with E-state index in [0.29, 0.717) is 23.5 Å². The Morgan fingerprint density at radius 3 is 2.95 bits per heavy atom. The molecule has 1 heterocycles. The minimum absolute atomic E-state index is 0.0251. The first kappa shape index (κ1) is 12.1. The number of aryl methyl sites for hydroxylation is 1. The Hall–Kier alpha value is -1.46. The highest BCUT2D eigenvalue weighted by molar-refractivity contribution is 5.43. The minimum Gasteiger partial charge on any atom is -0.508 e. The molecule has 2 saturated carbocycles. The van der Waals surface area contributed by atoms with Gasteiger partial charge in [-0.15, -0.1) is 6.42 Å². The molecule has 3 aliphatic carbocycles. The van der Waals surface area contributed by atoms with Crippen molar-refractivity contribution in [3.05, 3.63) is 29.3 Å². The van der Waals surface area contributed by atoms with Crippen LogP contribution in [0.5, 0.6) is 5.75 Å². The SMILES string of the molecule is C#C[C@]12CC[C@H]3[C@@H]4CCc5cc(O)ccc5[C@H]4CC[C@@]31O2. The van der Waals surface area contributed by atoms with Crippen LogP contribution in [0.3, 0.4) is 0 Å². The van der Waals surface area contributed by atoms with Gasteiger partial charge < -0.3 is 9.84 Å². The number of ether oxygens (including phenoxy) is 1. The molecule has 3 fully saturated rings. The van der Waals surface area contributed by atoms with E-state index in [0.717, 1.165) is 19.3 Å². The molecule has 0 amide bonds. The molecule has 21 heavy (non-hydrogen) atoms. The van der Waals surface area contributed by atoms with Crippen molar-refractivity contribution in [3.8, 4) is 18.1 Å². The predicted octanol–water partition coefficient (Wildman–Crippen LogP) is 3.38. The quantitative estimate of drug-likeness (QED) is 0.583. The van der Waals surface area contributed by atoms with Gasteiger partial charge in [-0.2, -0.15) is 0 Å². The average Bonchev–Trinajstić information content (AvgIpc) is 3.03. The Bertz CT molecular complexity index is 673. The van der Waals surface area contributed by atoms with Crippen LogP contribution in [0.2, 0.25) is 0 Å². The molecule has 2 nitrogen and oxygen atoms in total. The van der Waals surface area contributed by atoms with E-state index in [1.54, 1.807) is 0 Å². The van der Waals surface area contributed by atoms with Crippen molar-refractivity contribution in [1.82, 2.24) is 0 Å². The molecule has 0 unspecified atom stereocenters. The van der Waals surface area contributed by atoms with Crippen molar-refractivity contribution in [3.63, 3.8) is 0 Å². The summed E-state index contributed by atoms with van der Waals surface area (Å²) in [6.07, 6.45) is 12.7. The van der Waals surface area contributed by atoms with Gasteiger partial charge in [0.25, 0.3) is 0 Å². The third-order valence-electron chi connectivity index (χ3n) is 6.77. The zero-order chi connectivity index (χ0) is 14.2. The van der Waals surface area contributed by atoms with Crippen molar-refractivity contribution < 1.29 is 9.84 Å². The summed E-state index contributed by atoms with van der Waals surface area (Å²) in [4.78, 5) is 0. The first-order valence-electron chi connectivity index (χ1n) is 8.19. The van der Waals surface area contributed by atoms with Gasteiger partial charge in [-0.25, -0.2) is 0 Å². The molecule has 1 spiro atoms. The first-order chi connectivity index (χ1) is 10.2. The second-order valence-electron chi connectivity index (χ2n) is 7.34. The number of hydrogen-bond donors (Lipinski definition) is 1. The number of phenols is 1. The Balaban J connectivity index is 1.54. The maximum atomic E-state index is 9.71. The number of phenolic OH excluding ortho intramolecular Hbond substituents is 1. The Kier molecular flexibility index (Phi) is 2.11. The molecule has 108 valence electrons. The number of fused-ring (bicyclic) bond motifs is 4. The average molecular weight is 280 g/mol. The second-order valence-corrected chi connectivity index (χ2v) is 7.34. The maximum Gasteiger partial charge on any atom is 0.158 e. The highest BCUT2D eigenvalue weighted by Crippen LogP contribution is 2.71. The maximum absolute atomic E-state index is 9.71. The number of benzene rings is 1. The summed E-state index contributed by atoms with van der Waals surface area (Å²) in [6, 6.07) is 5.96. The van der Waals surface area contributed by atoms with Crippen LogP contribution in [0, 0.1) is 24.2 Å². The summed E-state index contributed by atoms with van der Waals surface area (Å²) in [5.74, 6) is 5.38. The molecule has 5 atom stereocenters. The number of terminal acetylenes is 1. The van der Waals surface area contributed by atoms with Gasteiger partial charge >= 0.3 is 0 Å². The van der Waals surface area contributed by atoms with Crippen molar-refractivity contribution >= 4 is 0 Å². The third kappa shape index (κ3) is 1.30. The van der Waals surface area contributed by atoms with Crippen LogP contribution in [0.15, 0.2) is 18.2 Å². The van der Waals surface area contributed by atoms with Gasteiger partial charge in [-0.1, -0.05) is 12.0 Å². The number of epoxide rings is 1. The zero-order valence-corrected chi connectivity index (χ0v) is 12.1. The van der Waals surface area contributed by atoms with Crippen LogP contribution >= 0.6 is 0 Å². The van der Waals surface area contributed by atoms with Gasteiger partial charge in [0.05, 0.1) is 0 Å². The third-order valence-corrected chi connectivity index (χ3v) is 6.77. The Morgan fingerprint density at radius 1 is 1.24 bits per heavy atom. The molecule has 1 aromatic carbocycles. The molecule has 1 saturated heterocycles. The molecule has 1 N–H and O–H groups in total. The van der Waals surface area contributed by atoms with Gasteiger partial charge in [0.15, 0.2) is 5.60 Å². The number of aromatic hydroxyl groups is 1. The topological polar surface area (TPSA) is 32.8 Å². The molecule has 0 radical (unpaired) electrons. The molecular formula is C19H20O2. The van der Waals surface area contributed by atoms with E-state index >= 15 is 0 Å². The van der Waals surface area contributed by atoms with E-state index in [2.05, 4.69) is 12.0 Å². The van der Waals surface area contributed by atoms with E-state index in [4.69, 9.17) is 11.2 Å². The normalized spacial score (nSPS) is 45.8. The molecular weight excluding hydrogens is 260 g/mol. The van der Waals surface area contributed by atoms with Crippen molar-refractivity contribution in [2.45, 2.75) is 55.6 Å². The summed E-state index contributed by atoms with van der Waals surface area (Å²) in [5.41, 5.74) is 2.64. The predicted molar refractivity (Wildman–Crippen MR) is 80.0 cm³/mol. The standard InChI is InChI=1S/C19H20O2/c1-2-18-9-8-17-16-5-3-12-11-13(20)4-6-14(12)15(16)7-10-19(17,18)21-18/h1,4,6,11,15-17,20H,3,5,7-10H2/t15-,16-,17+,18+,19-/m1/s1. The fourth-order valence-corrected chi connectivity index (χ4v) is 5.88. The van der Waals surface area contributed by atoms with Gasteiger partial charge in [0.1, 0.15) is 11.4 Å². The van der Waals surface area contributed by atoms with Gasteiger partial charge in [-0.05, 0) is 79.5 Å². The van der Waals surface area contributed by atoms with Crippen LogP contribution in [0.25, 0.3) is 0 Å². The molecule has 2 heteroatoms. The highest BCUT2D eigenvalue weighted by Gasteiger charge is 2.78. The van der Waals surface area contributed by atoms with Gasteiger partial charge in [0.2, 0.25) is 0 Å². The van der Waals surface area contributed by atoms with E-state index < -0.39 is 0 Å².